The number of anilines is 1. The number of nitrogens with one attached hydrogen (secondary N) is 1. The number of para-hydroxylation sites is 2. The summed E-state index contributed by atoms with van der Waals surface area (Å²) in [5.41, 5.74) is 8.86. The molecular formula is C18H17N5O. The van der Waals surface area contributed by atoms with E-state index in [0.717, 1.165) is 22.3 Å². The van der Waals surface area contributed by atoms with Crippen molar-refractivity contribution in [1.29, 1.82) is 0 Å². The minimum atomic E-state index is -0.262. The van der Waals surface area contributed by atoms with E-state index in [-0.39, 0.29) is 6.17 Å². The molecule has 0 bridgehead atoms. The van der Waals surface area contributed by atoms with Crippen LogP contribution < -0.4 is 15.8 Å². The Morgan fingerprint density at radius 2 is 2.00 bits per heavy atom. The number of fused-ring (bicyclic) bond motifs is 3. The maximum Gasteiger partial charge on any atom is 0.212 e. The lowest BCUT2D eigenvalue weighted by atomic mass is 10.1. The van der Waals surface area contributed by atoms with Crippen molar-refractivity contribution in [3.63, 3.8) is 0 Å². The van der Waals surface area contributed by atoms with Crippen LogP contribution in [-0.2, 0) is 0 Å². The zero-order valence-electron chi connectivity index (χ0n) is 13.0. The molecule has 2 aromatic carbocycles. The fraction of sp³-hybridized carbons (Fsp3) is 0.111. The predicted molar refractivity (Wildman–Crippen MR) is 95.3 cm³/mol. The Bertz CT molecular complexity index is 926. The van der Waals surface area contributed by atoms with E-state index in [4.69, 9.17) is 10.5 Å². The summed E-state index contributed by atoms with van der Waals surface area (Å²) in [7, 11) is 0. The molecular weight excluding hydrogens is 302 g/mol. The van der Waals surface area contributed by atoms with Gasteiger partial charge in [-0.2, -0.15) is 0 Å². The Morgan fingerprint density at radius 3 is 2.79 bits per heavy atom. The molecule has 2 heterocycles. The van der Waals surface area contributed by atoms with Crippen LogP contribution in [0.25, 0.3) is 11.0 Å². The van der Waals surface area contributed by atoms with Crippen LogP contribution in [0.5, 0.6) is 5.75 Å². The van der Waals surface area contributed by atoms with E-state index in [2.05, 4.69) is 21.9 Å². The lowest BCUT2D eigenvalue weighted by Gasteiger charge is -2.24. The Balaban J connectivity index is 1.77. The number of nitrogens with zero attached hydrogens (tertiary/aromatic N) is 3. The van der Waals surface area contributed by atoms with Crippen molar-refractivity contribution >= 4 is 22.9 Å². The van der Waals surface area contributed by atoms with Crippen LogP contribution in [-0.4, -0.2) is 22.1 Å². The first-order valence-corrected chi connectivity index (χ1v) is 7.67. The highest BCUT2D eigenvalue weighted by Crippen LogP contribution is 2.32. The minimum Gasteiger partial charge on any atom is -0.490 e. The summed E-state index contributed by atoms with van der Waals surface area (Å²) in [6.45, 7) is 4.13. The summed E-state index contributed by atoms with van der Waals surface area (Å²) in [6, 6.07) is 15.8. The molecule has 6 heteroatoms. The zero-order chi connectivity index (χ0) is 16.5. The van der Waals surface area contributed by atoms with Crippen LogP contribution in [0.4, 0.5) is 5.95 Å². The van der Waals surface area contributed by atoms with Crippen molar-refractivity contribution in [2.24, 2.45) is 10.7 Å². The van der Waals surface area contributed by atoms with E-state index in [1.165, 1.54) is 0 Å². The molecule has 0 saturated carbocycles. The van der Waals surface area contributed by atoms with Crippen molar-refractivity contribution in [2.75, 3.05) is 11.9 Å². The van der Waals surface area contributed by atoms with Crippen LogP contribution in [0.15, 0.2) is 66.2 Å². The molecule has 0 radical (unpaired) electrons. The number of rotatable bonds is 4. The molecule has 6 nitrogen and oxygen atoms in total. The molecule has 0 unspecified atom stereocenters. The summed E-state index contributed by atoms with van der Waals surface area (Å²) in [4.78, 5) is 9.15. The average molecular weight is 319 g/mol. The van der Waals surface area contributed by atoms with Gasteiger partial charge in [-0.05, 0) is 29.8 Å². The first kappa shape index (κ1) is 14.3. The van der Waals surface area contributed by atoms with E-state index in [1.54, 1.807) is 6.08 Å². The summed E-state index contributed by atoms with van der Waals surface area (Å²) in [5, 5.41) is 3.03. The van der Waals surface area contributed by atoms with Crippen LogP contribution in [0, 0.1) is 0 Å². The maximum atomic E-state index is 5.94. The van der Waals surface area contributed by atoms with Gasteiger partial charge in [0.15, 0.2) is 12.1 Å². The Kier molecular flexibility index (Phi) is 3.42. The number of imidazole rings is 1. The number of ether oxygens (including phenoxy) is 1. The minimum absolute atomic E-state index is 0.262. The van der Waals surface area contributed by atoms with Gasteiger partial charge in [-0.1, -0.05) is 36.9 Å². The summed E-state index contributed by atoms with van der Waals surface area (Å²) in [5.74, 6) is 1.84. The molecule has 1 aromatic heterocycles. The second-order valence-corrected chi connectivity index (χ2v) is 5.48. The van der Waals surface area contributed by atoms with Crippen LogP contribution in [0.2, 0.25) is 0 Å². The number of aliphatic imine (C=N–C) groups is 1. The normalized spacial score (nSPS) is 16.2. The standard InChI is InChI=1S/C18H17N5O/c1-2-11-24-13-9-7-12(8-10-13)16-21-17(19)22-18-20-14-5-3-4-6-15(14)23(16)18/h2-10,16H,1,11H2,(H3,19,20,21,22)/t16-/m0/s1. The Hall–Kier alpha value is -3.28. The molecule has 0 fully saturated rings. The van der Waals surface area contributed by atoms with Crippen molar-refractivity contribution in [2.45, 2.75) is 6.17 Å². The highest BCUT2D eigenvalue weighted by Gasteiger charge is 2.24. The van der Waals surface area contributed by atoms with E-state index < -0.39 is 0 Å². The van der Waals surface area contributed by atoms with Gasteiger partial charge in [0.05, 0.1) is 11.0 Å². The highest BCUT2D eigenvalue weighted by molar-refractivity contribution is 5.94. The van der Waals surface area contributed by atoms with E-state index in [9.17, 15) is 0 Å². The monoisotopic (exact) mass is 319 g/mol. The van der Waals surface area contributed by atoms with Gasteiger partial charge in [0.1, 0.15) is 12.4 Å². The Morgan fingerprint density at radius 1 is 1.21 bits per heavy atom. The summed E-state index contributed by atoms with van der Waals surface area (Å²) in [6.07, 6.45) is 1.46. The third-order valence-electron chi connectivity index (χ3n) is 3.89. The van der Waals surface area contributed by atoms with Gasteiger partial charge in [-0.25, -0.2) is 9.98 Å². The molecule has 0 spiro atoms. The van der Waals surface area contributed by atoms with Crippen LogP contribution in [0.3, 0.4) is 0 Å². The lowest BCUT2D eigenvalue weighted by molar-refractivity contribution is 0.363. The number of benzene rings is 2. The quantitative estimate of drug-likeness (QED) is 0.725. The van der Waals surface area contributed by atoms with Crippen molar-refractivity contribution in [3.8, 4) is 5.75 Å². The molecule has 0 saturated heterocycles. The smallest absolute Gasteiger partial charge is 0.212 e. The third-order valence-corrected chi connectivity index (χ3v) is 3.89. The van der Waals surface area contributed by atoms with Gasteiger partial charge in [-0.3, -0.25) is 9.88 Å². The van der Waals surface area contributed by atoms with Crippen LogP contribution >= 0.6 is 0 Å². The fourth-order valence-corrected chi connectivity index (χ4v) is 2.83. The molecule has 3 aromatic rings. The second kappa shape index (κ2) is 5.73. The van der Waals surface area contributed by atoms with Crippen molar-refractivity contribution < 1.29 is 4.74 Å². The number of hydrogen-bond donors (Lipinski definition) is 2. The number of hydrogen-bond acceptors (Lipinski definition) is 5. The predicted octanol–water partition coefficient (Wildman–Crippen LogP) is 2.89. The lowest BCUT2D eigenvalue weighted by Crippen LogP contribution is -2.31. The van der Waals surface area contributed by atoms with Gasteiger partial charge in [0.25, 0.3) is 0 Å². The van der Waals surface area contributed by atoms with Gasteiger partial charge >= 0.3 is 0 Å². The molecule has 24 heavy (non-hydrogen) atoms. The third kappa shape index (κ3) is 2.38. The summed E-state index contributed by atoms with van der Waals surface area (Å²) >= 11 is 0. The molecule has 0 amide bonds. The fourth-order valence-electron chi connectivity index (χ4n) is 2.83. The number of nitrogens with two attached hydrogens (primary N) is 1. The SMILES string of the molecule is C=CCOc1ccc([C@H]2N=C(N)Nc3nc4ccccc4n32)cc1. The van der Waals surface area contributed by atoms with Crippen LogP contribution in [0.1, 0.15) is 11.7 Å². The number of aromatic nitrogens is 2. The van der Waals surface area contributed by atoms with Gasteiger partial charge < -0.3 is 10.5 Å². The molecule has 3 N–H and O–H groups in total. The molecule has 1 aliphatic heterocycles. The largest absolute Gasteiger partial charge is 0.490 e. The van der Waals surface area contributed by atoms with Gasteiger partial charge in [0, 0.05) is 0 Å². The number of guanidine groups is 1. The first-order chi connectivity index (χ1) is 11.8. The topological polar surface area (TPSA) is 77.5 Å². The van der Waals surface area contributed by atoms with Gasteiger partial charge in [0.2, 0.25) is 5.95 Å². The first-order valence-electron chi connectivity index (χ1n) is 7.67. The average Bonchev–Trinajstić information content (AvgIpc) is 2.97. The van der Waals surface area contributed by atoms with Crippen molar-refractivity contribution in [3.05, 3.63) is 66.7 Å². The highest BCUT2D eigenvalue weighted by atomic mass is 16.5. The van der Waals surface area contributed by atoms with Gasteiger partial charge in [-0.15, -0.1) is 0 Å². The van der Waals surface area contributed by atoms with E-state index >= 15 is 0 Å². The maximum absolute atomic E-state index is 5.94. The molecule has 4 rings (SSSR count). The van der Waals surface area contributed by atoms with E-state index in [1.807, 2.05) is 53.1 Å². The molecule has 1 atom stereocenters. The second-order valence-electron chi connectivity index (χ2n) is 5.48. The zero-order valence-corrected chi connectivity index (χ0v) is 13.0. The molecule has 0 aliphatic carbocycles. The van der Waals surface area contributed by atoms with Crippen molar-refractivity contribution in [1.82, 2.24) is 9.55 Å². The Labute approximate surface area is 139 Å². The summed E-state index contributed by atoms with van der Waals surface area (Å²) < 4.78 is 7.58. The van der Waals surface area contributed by atoms with E-state index in [0.29, 0.717) is 18.5 Å². The molecule has 1 aliphatic rings. The molecule has 120 valence electrons.